The van der Waals surface area contributed by atoms with E-state index in [9.17, 15) is 9.59 Å². The molecule has 1 aliphatic heterocycles. The molecule has 0 aliphatic carbocycles. The van der Waals surface area contributed by atoms with Crippen molar-refractivity contribution in [2.45, 2.75) is 19.8 Å². The Morgan fingerprint density at radius 2 is 1.91 bits per heavy atom. The maximum atomic E-state index is 12.4. The van der Waals surface area contributed by atoms with E-state index >= 15 is 0 Å². The lowest BCUT2D eigenvalue weighted by Crippen LogP contribution is -2.29. The van der Waals surface area contributed by atoms with Crippen molar-refractivity contribution in [3.05, 3.63) is 27.1 Å². The van der Waals surface area contributed by atoms with Crippen LogP contribution in [0, 0.1) is 0 Å². The first kappa shape index (κ1) is 17.9. The highest BCUT2D eigenvalue weighted by atomic mass is 79.9. The molecule has 1 saturated heterocycles. The number of carbonyl (C=O) groups excluding carboxylic acids is 2. The van der Waals surface area contributed by atoms with Crippen LogP contribution < -0.4 is 9.47 Å². The van der Waals surface area contributed by atoms with Crippen LogP contribution in [0.4, 0.5) is 4.79 Å². The molecule has 0 unspecified atom stereocenters. The van der Waals surface area contributed by atoms with Crippen molar-refractivity contribution >= 4 is 44.9 Å². The van der Waals surface area contributed by atoms with Gasteiger partial charge in [0, 0.05) is 18.2 Å². The summed E-state index contributed by atoms with van der Waals surface area (Å²) in [6, 6.07) is 3.54. The van der Waals surface area contributed by atoms with E-state index in [1.165, 1.54) is 4.90 Å². The van der Waals surface area contributed by atoms with Crippen molar-refractivity contribution in [3.63, 3.8) is 0 Å². The van der Waals surface area contributed by atoms with Crippen LogP contribution in [0.1, 0.15) is 25.3 Å². The standard InChI is InChI=1S/C16H18BrNO4S/c1-4-5-6-18-15(19)14(23-16(18)20)8-10-7-11(17)13(22-3)9-12(10)21-2/h7-9H,4-6H2,1-3H3. The number of unbranched alkanes of at least 4 members (excludes halogenated alkanes) is 1. The van der Waals surface area contributed by atoms with E-state index in [-0.39, 0.29) is 11.1 Å². The highest BCUT2D eigenvalue weighted by Crippen LogP contribution is 2.37. The number of imide groups is 1. The molecular weight excluding hydrogens is 382 g/mol. The molecule has 2 rings (SSSR count). The summed E-state index contributed by atoms with van der Waals surface area (Å²) in [5, 5.41) is -0.221. The third kappa shape index (κ3) is 3.90. The van der Waals surface area contributed by atoms with E-state index in [2.05, 4.69) is 15.9 Å². The number of nitrogens with zero attached hydrogens (tertiary/aromatic N) is 1. The first-order valence-electron chi connectivity index (χ1n) is 7.18. The predicted octanol–water partition coefficient (Wildman–Crippen LogP) is 4.30. The number of carbonyl (C=O) groups is 2. The largest absolute Gasteiger partial charge is 0.496 e. The summed E-state index contributed by atoms with van der Waals surface area (Å²) in [7, 11) is 3.12. The topological polar surface area (TPSA) is 55.8 Å². The van der Waals surface area contributed by atoms with Gasteiger partial charge in [-0.25, -0.2) is 0 Å². The molecule has 0 radical (unpaired) electrons. The van der Waals surface area contributed by atoms with Crippen LogP contribution in [0.2, 0.25) is 0 Å². The van der Waals surface area contributed by atoms with Gasteiger partial charge >= 0.3 is 0 Å². The maximum Gasteiger partial charge on any atom is 0.293 e. The average molecular weight is 400 g/mol. The van der Waals surface area contributed by atoms with Gasteiger partial charge < -0.3 is 9.47 Å². The fourth-order valence-corrected chi connectivity index (χ4v) is 3.53. The van der Waals surface area contributed by atoms with Crippen molar-refractivity contribution in [1.29, 1.82) is 0 Å². The molecule has 2 amide bonds. The fraction of sp³-hybridized carbons (Fsp3) is 0.375. The molecule has 1 aliphatic rings. The summed E-state index contributed by atoms with van der Waals surface area (Å²) in [4.78, 5) is 26.1. The Labute approximate surface area is 148 Å². The lowest BCUT2D eigenvalue weighted by Gasteiger charge is -2.11. The second-order valence-corrected chi connectivity index (χ2v) is 6.76. The SMILES string of the molecule is CCCCN1C(=O)SC(=Cc2cc(Br)c(OC)cc2OC)C1=O. The Morgan fingerprint density at radius 1 is 1.22 bits per heavy atom. The number of methoxy groups -OCH3 is 2. The van der Waals surface area contributed by atoms with Crippen LogP contribution in [-0.2, 0) is 4.79 Å². The van der Waals surface area contributed by atoms with Gasteiger partial charge in [-0.15, -0.1) is 0 Å². The monoisotopic (exact) mass is 399 g/mol. The summed E-state index contributed by atoms with van der Waals surface area (Å²) in [5.41, 5.74) is 0.709. The maximum absolute atomic E-state index is 12.4. The van der Waals surface area contributed by atoms with Crippen LogP contribution >= 0.6 is 27.7 Å². The smallest absolute Gasteiger partial charge is 0.293 e. The number of rotatable bonds is 6. The lowest BCUT2D eigenvalue weighted by molar-refractivity contribution is -0.122. The quantitative estimate of drug-likeness (QED) is 0.667. The van der Waals surface area contributed by atoms with Crippen LogP contribution in [-0.4, -0.2) is 36.8 Å². The zero-order valence-electron chi connectivity index (χ0n) is 13.2. The van der Waals surface area contributed by atoms with Crippen molar-refractivity contribution < 1.29 is 19.1 Å². The Balaban J connectivity index is 2.33. The molecule has 7 heteroatoms. The highest BCUT2D eigenvalue weighted by Gasteiger charge is 2.34. The minimum atomic E-state index is -0.248. The van der Waals surface area contributed by atoms with E-state index in [0.717, 1.165) is 29.1 Å². The van der Waals surface area contributed by atoms with Crippen LogP contribution in [0.5, 0.6) is 11.5 Å². The molecule has 0 saturated carbocycles. The minimum absolute atomic E-state index is 0.221. The summed E-state index contributed by atoms with van der Waals surface area (Å²) in [5.74, 6) is 0.961. The Kier molecular flexibility index (Phi) is 6.12. The van der Waals surface area contributed by atoms with Gasteiger partial charge in [-0.2, -0.15) is 0 Å². The van der Waals surface area contributed by atoms with Gasteiger partial charge in [0.2, 0.25) is 0 Å². The van der Waals surface area contributed by atoms with Crippen LogP contribution in [0.25, 0.3) is 6.08 Å². The second kappa shape index (κ2) is 7.88. The highest BCUT2D eigenvalue weighted by molar-refractivity contribution is 9.10. The van der Waals surface area contributed by atoms with Crippen LogP contribution in [0.15, 0.2) is 21.5 Å². The van der Waals surface area contributed by atoms with Crippen LogP contribution in [0.3, 0.4) is 0 Å². The van der Waals surface area contributed by atoms with E-state index < -0.39 is 0 Å². The zero-order chi connectivity index (χ0) is 17.0. The average Bonchev–Trinajstić information content (AvgIpc) is 2.79. The van der Waals surface area contributed by atoms with Crippen molar-refractivity contribution in [3.8, 4) is 11.5 Å². The van der Waals surface area contributed by atoms with Gasteiger partial charge in [0.05, 0.1) is 23.6 Å². The predicted molar refractivity (Wildman–Crippen MR) is 94.8 cm³/mol. The zero-order valence-corrected chi connectivity index (χ0v) is 15.6. The summed E-state index contributed by atoms with van der Waals surface area (Å²) < 4.78 is 11.3. The molecule has 1 aromatic rings. The molecule has 5 nitrogen and oxygen atoms in total. The molecule has 0 bridgehead atoms. The molecular formula is C16H18BrNO4S. The van der Waals surface area contributed by atoms with Crippen molar-refractivity contribution in [1.82, 2.24) is 4.90 Å². The molecule has 1 heterocycles. The number of benzene rings is 1. The van der Waals surface area contributed by atoms with E-state index in [4.69, 9.17) is 9.47 Å². The van der Waals surface area contributed by atoms with Gasteiger partial charge in [-0.3, -0.25) is 14.5 Å². The van der Waals surface area contributed by atoms with Crippen molar-refractivity contribution in [2.24, 2.45) is 0 Å². The number of amides is 2. The van der Waals surface area contributed by atoms with E-state index in [1.54, 1.807) is 32.4 Å². The number of ether oxygens (including phenoxy) is 2. The molecule has 1 aromatic carbocycles. The van der Waals surface area contributed by atoms with Gasteiger partial charge in [-0.05, 0) is 46.3 Å². The first-order valence-corrected chi connectivity index (χ1v) is 8.79. The van der Waals surface area contributed by atoms with E-state index in [1.807, 2.05) is 6.92 Å². The molecule has 0 spiro atoms. The Bertz CT molecular complexity index is 660. The van der Waals surface area contributed by atoms with Crippen molar-refractivity contribution in [2.75, 3.05) is 20.8 Å². The second-order valence-electron chi connectivity index (χ2n) is 4.92. The summed E-state index contributed by atoms with van der Waals surface area (Å²) >= 11 is 4.37. The molecule has 1 fully saturated rings. The molecule has 0 atom stereocenters. The fourth-order valence-electron chi connectivity index (χ4n) is 2.15. The molecule has 0 N–H and O–H groups in total. The molecule has 23 heavy (non-hydrogen) atoms. The van der Waals surface area contributed by atoms with E-state index in [0.29, 0.717) is 28.5 Å². The normalized spacial score (nSPS) is 16.3. The third-order valence-corrected chi connectivity index (χ3v) is 4.93. The lowest BCUT2D eigenvalue weighted by atomic mass is 10.1. The number of hydrogen-bond acceptors (Lipinski definition) is 5. The Morgan fingerprint density at radius 3 is 2.52 bits per heavy atom. The number of halogens is 1. The summed E-state index contributed by atoms with van der Waals surface area (Å²) in [6.07, 6.45) is 3.42. The van der Waals surface area contributed by atoms with Gasteiger partial charge in [0.15, 0.2) is 0 Å². The Hall–Kier alpha value is -1.47. The van der Waals surface area contributed by atoms with Gasteiger partial charge in [0.25, 0.3) is 11.1 Å². The summed E-state index contributed by atoms with van der Waals surface area (Å²) in [6.45, 7) is 2.48. The number of hydrogen-bond donors (Lipinski definition) is 0. The first-order chi connectivity index (χ1) is 11.0. The minimum Gasteiger partial charge on any atom is -0.496 e. The van der Waals surface area contributed by atoms with Gasteiger partial charge in [0.1, 0.15) is 11.5 Å². The van der Waals surface area contributed by atoms with Gasteiger partial charge in [-0.1, -0.05) is 13.3 Å². The number of thioether (sulfide) groups is 1. The third-order valence-electron chi connectivity index (χ3n) is 3.40. The molecule has 124 valence electrons. The molecule has 0 aromatic heterocycles.